The summed E-state index contributed by atoms with van der Waals surface area (Å²) in [6.45, 7) is 4.39. The molecule has 3 aromatic rings. The van der Waals surface area contributed by atoms with Crippen LogP contribution in [0.3, 0.4) is 0 Å². The molecule has 0 aliphatic heterocycles. The Morgan fingerprint density at radius 3 is 2.26 bits per heavy atom. The number of amides is 2. The van der Waals surface area contributed by atoms with Crippen LogP contribution in [0, 0.1) is 13.8 Å². The molecule has 0 fully saturated rings. The van der Waals surface area contributed by atoms with E-state index in [0.29, 0.717) is 23.4 Å². The lowest BCUT2D eigenvalue weighted by atomic mass is 10.1. The molecule has 27 heavy (non-hydrogen) atoms. The zero-order valence-electron chi connectivity index (χ0n) is 15.5. The van der Waals surface area contributed by atoms with Crippen LogP contribution in [0.5, 0.6) is 0 Å². The predicted molar refractivity (Wildman–Crippen MR) is 108 cm³/mol. The van der Waals surface area contributed by atoms with Gasteiger partial charge in [0.05, 0.1) is 11.3 Å². The summed E-state index contributed by atoms with van der Waals surface area (Å²) in [5.74, 6) is -0.465. The van der Waals surface area contributed by atoms with Crippen LogP contribution in [0.25, 0.3) is 0 Å². The standard InChI is InChI=1S/C23H22N2O2/c1-16-10-12-18(13-11-16)15-24-23(27)20-8-3-4-9-21(20)25-22(26)19-7-5-6-17(2)14-19/h3-14H,15H2,1-2H3,(H,24,27)(H,25,26). The summed E-state index contributed by atoms with van der Waals surface area (Å²) >= 11 is 0. The van der Waals surface area contributed by atoms with Crippen LogP contribution in [-0.2, 0) is 6.54 Å². The van der Waals surface area contributed by atoms with E-state index >= 15 is 0 Å². The molecule has 2 amide bonds. The Morgan fingerprint density at radius 2 is 1.52 bits per heavy atom. The van der Waals surface area contributed by atoms with E-state index in [0.717, 1.165) is 11.1 Å². The number of para-hydroxylation sites is 1. The molecule has 4 heteroatoms. The second-order valence-electron chi connectivity index (χ2n) is 6.54. The minimum Gasteiger partial charge on any atom is -0.348 e. The first-order valence-corrected chi connectivity index (χ1v) is 8.84. The fourth-order valence-electron chi connectivity index (χ4n) is 2.75. The van der Waals surface area contributed by atoms with E-state index < -0.39 is 0 Å². The van der Waals surface area contributed by atoms with E-state index in [1.54, 1.807) is 30.3 Å². The second-order valence-corrected chi connectivity index (χ2v) is 6.54. The van der Waals surface area contributed by atoms with Crippen LogP contribution in [0.15, 0.2) is 72.8 Å². The Bertz CT molecular complexity index is 962. The average molecular weight is 358 g/mol. The maximum Gasteiger partial charge on any atom is 0.255 e. The summed E-state index contributed by atoms with van der Waals surface area (Å²) in [6.07, 6.45) is 0. The number of hydrogen-bond acceptors (Lipinski definition) is 2. The van der Waals surface area contributed by atoms with Gasteiger partial charge in [-0.1, -0.05) is 59.7 Å². The van der Waals surface area contributed by atoms with Crippen molar-refractivity contribution in [2.75, 3.05) is 5.32 Å². The van der Waals surface area contributed by atoms with Gasteiger partial charge < -0.3 is 10.6 Å². The van der Waals surface area contributed by atoms with Crippen LogP contribution in [0.2, 0.25) is 0 Å². The van der Waals surface area contributed by atoms with Crippen LogP contribution in [0.4, 0.5) is 5.69 Å². The molecule has 0 saturated carbocycles. The van der Waals surface area contributed by atoms with Gasteiger partial charge in [0.2, 0.25) is 0 Å². The highest BCUT2D eigenvalue weighted by atomic mass is 16.2. The monoisotopic (exact) mass is 358 g/mol. The molecule has 0 aromatic heterocycles. The Balaban J connectivity index is 1.72. The topological polar surface area (TPSA) is 58.2 Å². The summed E-state index contributed by atoms with van der Waals surface area (Å²) in [4.78, 5) is 25.1. The summed E-state index contributed by atoms with van der Waals surface area (Å²) in [5, 5.41) is 5.75. The van der Waals surface area contributed by atoms with Crippen molar-refractivity contribution in [3.63, 3.8) is 0 Å². The maximum atomic E-state index is 12.6. The van der Waals surface area contributed by atoms with Gasteiger partial charge in [-0.05, 0) is 43.7 Å². The molecule has 0 aliphatic rings. The van der Waals surface area contributed by atoms with Crippen molar-refractivity contribution in [1.29, 1.82) is 0 Å². The number of carbonyl (C=O) groups is 2. The lowest BCUT2D eigenvalue weighted by Crippen LogP contribution is -2.24. The molecule has 3 rings (SSSR count). The van der Waals surface area contributed by atoms with Crippen molar-refractivity contribution in [2.45, 2.75) is 20.4 Å². The van der Waals surface area contributed by atoms with Gasteiger partial charge in [-0.25, -0.2) is 0 Å². The van der Waals surface area contributed by atoms with Gasteiger partial charge in [-0.2, -0.15) is 0 Å². The number of rotatable bonds is 5. The SMILES string of the molecule is Cc1ccc(CNC(=O)c2ccccc2NC(=O)c2cccc(C)c2)cc1. The average Bonchev–Trinajstić information content (AvgIpc) is 2.67. The largest absolute Gasteiger partial charge is 0.348 e. The number of anilines is 1. The Labute approximate surface area is 159 Å². The molecule has 136 valence electrons. The number of hydrogen-bond donors (Lipinski definition) is 2. The van der Waals surface area contributed by atoms with Gasteiger partial charge in [-0.3, -0.25) is 9.59 Å². The van der Waals surface area contributed by atoms with E-state index in [1.165, 1.54) is 5.56 Å². The number of nitrogens with one attached hydrogen (secondary N) is 2. The molecule has 0 radical (unpaired) electrons. The van der Waals surface area contributed by atoms with Gasteiger partial charge in [0.1, 0.15) is 0 Å². The highest BCUT2D eigenvalue weighted by molar-refractivity contribution is 6.09. The molecule has 0 saturated heterocycles. The highest BCUT2D eigenvalue weighted by Gasteiger charge is 2.14. The zero-order chi connectivity index (χ0) is 19.2. The van der Waals surface area contributed by atoms with Gasteiger partial charge in [0, 0.05) is 12.1 Å². The van der Waals surface area contributed by atoms with E-state index in [2.05, 4.69) is 10.6 Å². The van der Waals surface area contributed by atoms with Crippen molar-refractivity contribution in [3.05, 3.63) is 101 Å². The summed E-state index contributed by atoms with van der Waals surface area (Å²) in [7, 11) is 0. The van der Waals surface area contributed by atoms with Gasteiger partial charge in [0.25, 0.3) is 11.8 Å². The molecule has 0 spiro atoms. The van der Waals surface area contributed by atoms with Crippen molar-refractivity contribution >= 4 is 17.5 Å². The van der Waals surface area contributed by atoms with Gasteiger partial charge in [0.15, 0.2) is 0 Å². The molecule has 4 nitrogen and oxygen atoms in total. The third-order valence-electron chi connectivity index (χ3n) is 4.27. The Morgan fingerprint density at radius 1 is 0.778 bits per heavy atom. The van der Waals surface area contributed by atoms with Crippen molar-refractivity contribution < 1.29 is 9.59 Å². The van der Waals surface area contributed by atoms with E-state index in [1.807, 2.05) is 56.3 Å². The maximum absolute atomic E-state index is 12.6. The number of benzene rings is 3. The van der Waals surface area contributed by atoms with E-state index in [9.17, 15) is 9.59 Å². The quantitative estimate of drug-likeness (QED) is 0.706. The third-order valence-corrected chi connectivity index (χ3v) is 4.27. The molecule has 3 aromatic carbocycles. The molecule has 0 bridgehead atoms. The first kappa shape index (κ1) is 18.4. The molecule has 2 N–H and O–H groups in total. The molecule has 0 atom stereocenters. The van der Waals surface area contributed by atoms with Gasteiger partial charge >= 0.3 is 0 Å². The fraction of sp³-hybridized carbons (Fsp3) is 0.130. The molecule has 0 unspecified atom stereocenters. The highest BCUT2D eigenvalue weighted by Crippen LogP contribution is 2.17. The minimum atomic E-state index is -0.238. The lowest BCUT2D eigenvalue weighted by molar-refractivity contribution is 0.0952. The zero-order valence-corrected chi connectivity index (χ0v) is 15.5. The first-order valence-electron chi connectivity index (χ1n) is 8.84. The van der Waals surface area contributed by atoms with Crippen LogP contribution in [-0.4, -0.2) is 11.8 Å². The molecule has 0 heterocycles. The van der Waals surface area contributed by atoms with Crippen molar-refractivity contribution in [3.8, 4) is 0 Å². The van der Waals surface area contributed by atoms with Crippen LogP contribution < -0.4 is 10.6 Å². The normalized spacial score (nSPS) is 10.3. The predicted octanol–water partition coefficient (Wildman–Crippen LogP) is 4.49. The third kappa shape index (κ3) is 4.82. The number of carbonyl (C=O) groups excluding carboxylic acids is 2. The minimum absolute atomic E-state index is 0.226. The van der Waals surface area contributed by atoms with Crippen molar-refractivity contribution in [1.82, 2.24) is 5.32 Å². The summed E-state index contributed by atoms with van der Waals surface area (Å²) < 4.78 is 0. The summed E-state index contributed by atoms with van der Waals surface area (Å²) in [5.41, 5.74) is 4.69. The fourth-order valence-corrected chi connectivity index (χ4v) is 2.75. The smallest absolute Gasteiger partial charge is 0.255 e. The van der Waals surface area contributed by atoms with Crippen molar-refractivity contribution in [2.24, 2.45) is 0 Å². The van der Waals surface area contributed by atoms with Crippen LogP contribution >= 0.6 is 0 Å². The van der Waals surface area contributed by atoms with Crippen LogP contribution in [0.1, 0.15) is 37.4 Å². The van der Waals surface area contributed by atoms with E-state index in [-0.39, 0.29) is 11.8 Å². The number of aryl methyl sites for hydroxylation is 2. The Kier molecular flexibility index (Phi) is 5.67. The Hall–Kier alpha value is -3.40. The van der Waals surface area contributed by atoms with E-state index in [4.69, 9.17) is 0 Å². The molecular weight excluding hydrogens is 336 g/mol. The molecular formula is C23H22N2O2. The summed E-state index contributed by atoms with van der Waals surface area (Å²) in [6, 6.07) is 22.3. The lowest BCUT2D eigenvalue weighted by Gasteiger charge is -2.12. The molecule has 0 aliphatic carbocycles. The van der Waals surface area contributed by atoms with Gasteiger partial charge in [-0.15, -0.1) is 0 Å². The first-order chi connectivity index (χ1) is 13.0. The second kappa shape index (κ2) is 8.32.